The van der Waals surface area contributed by atoms with Crippen LogP contribution in [0.4, 0.5) is 0 Å². The average molecular weight is 162 g/mol. The maximum Gasteiger partial charge on any atom is 0.372 e. The number of carbonyl (C=O) groups is 2. The van der Waals surface area contributed by atoms with Gasteiger partial charge in [-0.25, -0.2) is 4.79 Å². The molecule has 0 aromatic rings. The van der Waals surface area contributed by atoms with E-state index in [4.69, 9.17) is 10.2 Å². The quantitative estimate of drug-likeness (QED) is 0.588. The maximum atomic E-state index is 10.3. The van der Waals surface area contributed by atoms with Gasteiger partial charge < -0.3 is 10.2 Å². The lowest BCUT2D eigenvalue weighted by atomic mass is 10.2. The molecule has 0 spiro atoms. The molecule has 4 nitrogen and oxygen atoms in total. The Balaban J connectivity index is 0. The molecule has 0 aliphatic rings. The molecule has 0 aliphatic carbocycles. The predicted octanol–water partition coefficient (Wildman–Crippen LogP) is 0.439. The van der Waals surface area contributed by atoms with Crippen molar-refractivity contribution in [2.45, 2.75) is 26.2 Å². The molecule has 66 valence electrons. The fourth-order valence-corrected chi connectivity index (χ4v) is 0.444. The number of hydrogen-bond acceptors (Lipinski definition) is 3. The summed E-state index contributed by atoms with van der Waals surface area (Å²) in [7, 11) is 1.00. The molecule has 0 aromatic heterocycles. The smallest absolute Gasteiger partial charge is 0.372 e. The van der Waals surface area contributed by atoms with Crippen molar-refractivity contribution >= 4 is 11.8 Å². The number of aliphatic hydroxyl groups is 1. The van der Waals surface area contributed by atoms with Crippen molar-refractivity contribution in [2.75, 3.05) is 7.11 Å². The van der Waals surface area contributed by atoms with Crippen LogP contribution < -0.4 is 0 Å². The van der Waals surface area contributed by atoms with E-state index in [9.17, 15) is 9.59 Å². The summed E-state index contributed by atoms with van der Waals surface area (Å²) < 4.78 is 0. The van der Waals surface area contributed by atoms with Gasteiger partial charge in [0, 0.05) is 13.5 Å². The van der Waals surface area contributed by atoms with E-state index in [-0.39, 0.29) is 6.42 Å². The third-order valence-electron chi connectivity index (χ3n) is 0.996. The molecule has 11 heavy (non-hydrogen) atoms. The van der Waals surface area contributed by atoms with Crippen LogP contribution in [0.15, 0.2) is 0 Å². The van der Waals surface area contributed by atoms with Gasteiger partial charge in [-0.1, -0.05) is 13.3 Å². The molecule has 0 radical (unpaired) electrons. The van der Waals surface area contributed by atoms with Crippen LogP contribution in [-0.2, 0) is 9.59 Å². The van der Waals surface area contributed by atoms with Gasteiger partial charge in [-0.05, 0) is 6.42 Å². The normalized spacial score (nSPS) is 7.91. The van der Waals surface area contributed by atoms with Gasteiger partial charge in [0.15, 0.2) is 0 Å². The third kappa shape index (κ3) is 9.10. The number of aliphatic hydroxyl groups excluding tert-OH is 1. The molecule has 2 N–H and O–H groups in total. The summed E-state index contributed by atoms with van der Waals surface area (Å²) >= 11 is 0. The second-order valence-electron chi connectivity index (χ2n) is 1.83. The van der Waals surface area contributed by atoms with Crippen molar-refractivity contribution in [1.29, 1.82) is 0 Å². The summed E-state index contributed by atoms with van der Waals surface area (Å²) in [4.78, 5) is 20.2. The molecule has 0 unspecified atom stereocenters. The third-order valence-corrected chi connectivity index (χ3v) is 0.996. The Labute approximate surface area is 65.8 Å². The van der Waals surface area contributed by atoms with Gasteiger partial charge in [0.2, 0.25) is 5.78 Å². The fourth-order valence-electron chi connectivity index (χ4n) is 0.444. The summed E-state index contributed by atoms with van der Waals surface area (Å²) in [5.74, 6) is -2.00. The lowest BCUT2D eigenvalue weighted by molar-refractivity contribution is -0.149. The van der Waals surface area contributed by atoms with E-state index in [1.54, 1.807) is 0 Å². The number of unbranched alkanes of at least 4 members (excludes halogenated alkanes) is 1. The van der Waals surface area contributed by atoms with E-state index < -0.39 is 11.8 Å². The first kappa shape index (κ1) is 12.7. The maximum absolute atomic E-state index is 10.3. The summed E-state index contributed by atoms with van der Waals surface area (Å²) in [6, 6.07) is 0. The number of Topliss-reactive ketones (excluding diaryl/α,β-unsaturated/α-hetero) is 1. The van der Waals surface area contributed by atoms with Gasteiger partial charge in [-0.15, -0.1) is 0 Å². The van der Waals surface area contributed by atoms with Gasteiger partial charge in [-0.3, -0.25) is 4.79 Å². The van der Waals surface area contributed by atoms with Crippen molar-refractivity contribution in [2.24, 2.45) is 0 Å². The monoisotopic (exact) mass is 162 g/mol. The zero-order chi connectivity index (χ0) is 9.28. The highest BCUT2D eigenvalue weighted by molar-refractivity contribution is 6.32. The molecule has 0 aromatic carbocycles. The number of hydrogen-bond donors (Lipinski definition) is 2. The second kappa shape index (κ2) is 9.10. The number of carboxylic acids is 1. The molecule has 0 saturated heterocycles. The number of ketones is 1. The van der Waals surface area contributed by atoms with E-state index in [1.807, 2.05) is 6.92 Å². The molecule has 0 fully saturated rings. The van der Waals surface area contributed by atoms with Crippen molar-refractivity contribution < 1.29 is 19.8 Å². The number of carbonyl (C=O) groups excluding carboxylic acids is 1. The SMILES string of the molecule is CCCCC(=O)C(=O)O.CO. The lowest BCUT2D eigenvalue weighted by Gasteiger charge is -1.89. The first-order chi connectivity index (χ1) is 5.18. The predicted molar refractivity (Wildman–Crippen MR) is 40.3 cm³/mol. The summed E-state index contributed by atoms with van der Waals surface area (Å²) in [5.41, 5.74) is 0. The van der Waals surface area contributed by atoms with Gasteiger partial charge >= 0.3 is 5.97 Å². The molecule has 0 aliphatic heterocycles. The Kier molecular flexibility index (Phi) is 10.5. The molecule has 0 rings (SSSR count). The van der Waals surface area contributed by atoms with Crippen molar-refractivity contribution in [3.05, 3.63) is 0 Å². The van der Waals surface area contributed by atoms with E-state index in [0.717, 1.165) is 13.5 Å². The number of rotatable bonds is 4. The standard InChI is InChI=1S/C6H10O3.CH4O/c1-2-3-4-5(7)6(8)9;1-2/h2-4H2,1H3,(H,8,9);2H,1H3. The molecule has 0 saturated carbocycles. The summed E-state index contributed by atoms with van der Waals surface area (Å²) in [6.45, 7) is 1.91. The van der Waals surface area contributed by atoms with Crippen molar-refractivity contribution in [3.63, 3.8) is 0 Å². The lowest BCUT2D eigenvalue weighted by Crippen LogP contribution is -2.11. The van der Waals surface area contributed by atoms with Crippen LogP contribution in [0.1, 0.15) is 26.2 Å². The van der Waals surface area contributed by atoms with E-state index in [1.165, 1.54) is 0 Å². The first-order valence-corrected chi connectivity index (χ1v) is 3.39. The van der Waals surface area contributed by atoms with Crippen molar-refractivity contribution in [3.8, 4) is 0 Å². The van der Waals surface area contributed by atoms with Crippen LogP contribution in [0.3, 0.4) is 0 Å². The Morgan fingerprint density at radius 2 is 1.73 bits per heavy atom. The highest BCUT2D eigenvalue weighted by Gasteiger charge is 2.08. The summed E-state index contributed by atoms with van der Waals surface area (Å²) in [6.07, 6.45) is 1.70. The van der Waals surface area contributed by atoms with Crippen LogP contribution in [0.5, 0.6) is 0 Å². The van der Waals surface area contributed by atoms with Gasteiger partial charge in [0.1, 0.15) is 0 Å². The van der Waals surface area contributed by atoms with Crippen LogP contribution in [0.25, 0.3) is 0 Å². The first-order valence-electron chi connectivity index (χ1n) is 3.39. The van der Waals surface area contributed by atoms with E-state index in [0.29, 0.717) is 6.42 Å². The highest BCUT2D eigenvalue weighted by Crippen LogP contribution is 1.94. The minimum atomic E-state index is -1.32. The molecule has 0 atom stereocenters. The molecular weight excluding hydrogens is 148 g/mol. The second-order valence-corrected chi connectivity index (χ2v) is 1.83. The Morgan fingerprint density at radius 3 is 2.00 bits per heavy atom. The highest BCUT2D eigenvalue weighted by atomic mass is 16.4. The van der Waals surface area contributed by atoms with Gasteiger partial charge in [-0.2, -0.15) is 0 Å². The minimum Gasteiger partial charge on any atom is -0.476 e. The largest absolute Gasteiger partial charge is 0.476 e. The molecule has 0 bridgehead atoms. The van der Waals surface area contributed by atoms with E-state index in [2.05, 4.69) is 0 Å². The molecule has 4 heteroatoms. The van der Waals surface area contributed by atoms with Gasteiger partial charge in [0.25, 0.3) is 0 Å². The molecule has 0 heterocycles. The van der Waals surface area contributed by atoms with Gasteiger partial charge in [0.05, 0.1) is 0 Å². The number of aliphatic carboxylic acids is 1. The molecule has 0 amide bonds. The Morgan fingerprint density at radius 1 is 1.27 bits per heavy atom. The van der Waals surface area contributed by atoms with Crippen LogP contribution >= 0.6 is 0 Å². The van der Waals surface area contributed by atoms with Crippen LogP contribution in [0.2, 0.25) is 0 Å². The number of carboxylic acid groups (broad SMARTS) is 1. The van der Waals surface area contributed by atoms with Crippen molar-refractivity contribution in [1.82, 2.24) is 0 Å². The Hall–Kier alpha value is -0.900. The zero-order valence-corrected chi connectivity index (χ0v) is 6.83. The summed E-state index contributed by atoms with van der Waals surface area (Å²) in [5, 5.41) is 15.1. The van der Waals surface area contributed by atoms with Crippen LogP contribution in [-0.4, -0.2) is 29.1 Å². The Bertz CT molecular complexity index is 120. The topological polar surface area (TPSA) is 74.6 Å². The fraction of sp³-hybridized carbons (Fsp3) is 0.714. The van der Waals surface area contributed by atoms with E-state index >= 15 is 0 Å². The van der Waals surface area contributed by atoms with Crippen LogP contribution in [0, 0.1) is 0 Å². The zero-order valence-electron chi connectivity index (χ0n) is 6.83. The minimum absolute atomic E-state index is 0.172. The molecular formula is C7H14O4. The average Bonchev–Trinajstić information content (AvgIpc) is 2.03.